The number of benzene rings is 1. The highest BCUT2D eigenvalue weighted by molar-refractivity contribution is 5.93. The van der Waals surface area contributed by atoms with Gasteiger partial charge < -0.3 is 15.2 Å². The predicted molar refractivity (Wildman–Crippen MR) is 182 cm³/mol. The van der Waals surface area contributed by atoms with E-state index in [9.17, 15) is 4.39 Å². The Morgan fingerprint density at radius 3 is 2.69 bits per heavy atom. The number of aromatic nitrogens is 6. The molecule has 4 aromatic heterocycles. The number of imidazole rings is 1. The Balaban J connectivity index is 1.47. The van der Waals surface area contributed by atoms with Crippen molar-refractivity contribution in [2.45, 2.75) is 40.0 Å². The Labute approximate surface area is 264 Å². The van der Waals surface area contributed by atoms with Crippen molar-refractivity contribution in [2.75, 3.05) is 26.0 Å². The van der Waals surface area contributed by atoms with E-state index in [1.54, 1.807) is 36.8 Å². The van der Waals surface area contributed by atoms with Crippen LogP contribution in [-0.4, -0.2) is 55.7 Å². The maximum absolute atomic E-state index is 14.8. The number of rotatable bonds is 13. The summed E-state index contributed by atoms with van der Waals surface area (Å²) in [6.45, 7) is 15.3. The number of hydrogen-bond donors (Lipinski definition) is 3. The van der Waals surface area contributed by atoms with Gasteiger partial charge in [0.15, 0.2) is 5.82 Å². The fourth-order valence-electron chi connectivity index (χ4n) is 5.47. The summed E-state index contributed by atoms with van der Waals surface area (Å²) in [5.41, 5.74) is 8.92. The SMILES string of the molecule is C=C/C=C(/c1cc(F)cc(CCCN(C)C)c1)c1nc(-c2n[nH]c3cnc(-c4cncc(NC(=C)CC(C)C)c4)cc23)[nH]c1C. The van der Waals surface area contributed by atoms with Crippen LogP contribution >= 0.6 is 0 Å². The van der Waals surface area contributed by atoms with Crippen LogP contribution in [0.3, 0.4) is 0 Å². The predicted octanol–water partition coefficient (Wildman–Crippen LogP) is 7.94. The third-order valence-corrected chi connectivity index (χ3v) is 7.45. The van der Waals surface area contributed by atoms with Crippen LogP contribution in [0.2, 0.25) is 0 Å². The number of hydrogen-bond acceptors (Lipinski definition) is 6. The highest BCUT2D eigenvalue weighted by Gasteiger charge is 2.19. The molecule has 232 valence electrons. The van der Waals surface area contributed by atoms with Crippen LogP contribution < -0.4 is 5.32 Å². The molecule has 0 unspecified atom stereocenters. The van der Waals surface area contributed by atoms with E-state index in [1.165, 1.54) is 0 Å². The van der Waals surface area contributed by atoms with Crippen molar-refractivity contribution in [1.82, 2.24) is 35.0 Å². The maximum atomic E-state index is 14.8. The molecule has 0 radical (unpaired) electrons. The number of H-pyrrole nitrogens is 2. The number of halogens is 1. The highest BCUT2D eigenvalue weighted by Crippen LogP contribution is 2.32. The Kier molecular flexibility index (Phi) is 9.68. The van der Waals surface area contributed by atoms with Gasteiger partial charge in [-0.2, -0.15) is 5.10 Å². The molecular formula is C36H41FN8. The summed E-state index contributed by atoms with van der Waals surface area (Å²) < 4.78 is 14.8. The van der Waals surface area contributed by atoms with E-state index in [-0.39, 0.29) is 5.82 Å². The lowest BCUT2D eigenvalue weighted by Crippen LogP contribution is -2.13. The fourth-order valence-corrected chi connectivity index (χ4v) is 5.47. The molecule has 5 aromatic rings. The van der Waals surface area contributed by atoms with Gasteiger partial charge in [0.25, 0.3) is 0 Å². The zero-order valence-electron chi connectivity index (χ0n) is 26.7. The minimum Gasteiger partial charge on any atom is -0.358 e. The Morgan fingerprint density at radius 2 is 1.93 bits per heavy atom. The van der Waals surface area contributed by atoms with E-state index < -0.39 is 0 Å². The Hall–Kier alpha value is -4.89. The van der Waals surface area contributed by atoms with Crippen LogP contribution in [0.1, 0.15) is 49.2 Å². The van der Waals surface area contributed by atoms with Gasteiger partial charge in [0.1, 0.15) is 11.5 Å². The average molecular weight is 605 g/mol. The molecule has 5 rings (SSSR count). The van der Waals surface area contributed by atoms with Crippen molar-refractivity contribution >= 4 is 22.2 Å². The van der Waals surface area contributed by atoms with E-state index in [1.807, 2.05) is 45.3 Å². The summed E-state index contributed by atoms with van der Waals surface area (Å²) in [6.07, 6.45) is 11.5. The molecule has 0 saturated carbocycles. The molecular weight excluding hydrogens is 563 g/mol. The van der Waals surface area contributed by atoms with Gasteiger partial charge >= 0.3 is 0 Å². The molecule has 0 amide bonds. The number of fused-ring (bicyclic) bond motifs is 1. The smallest absolute Gasteiger partial charge is 0.159 e. The molecule has 45 heavy (non-hydrogen) atoms. The summed E-state index contributed by atoms with van der Waals surface area (Å²) in [4.78, 5) is 19.6. The third kappa shape index (κ3) is 7.61. The Bertz CT molecular complexity index is 1860. The van der Waals surface area contributed by atoms with Gasteiger partial charge in [-0.3, -0.25) is 15.1 Å². The van der Waals surface area contributed by atoms with Crippen molar-refractivity contribution in [3.63, 3.8) is 0 Å². The summed E-state index contributed by atoms with van der Waals surface area (Å²) in [5.74, 6) is 0.831. The van der Waals surface area contributed by atoms with Crippen molar-refractivity contribution in [3.05, 3.63) is 108 Å². The standard InChI is InChI=1S/C36H41FN8/c1-8-10-30(26-14-25(15-28(37)16-26)11-9-12-45(6)7)34-24(5)41-36(42-34)35-31-18-32(39-21-33(31)43-44-35)27-17-29(20-38-19-27)40-23(4)13-22(2)3/h8,10,14-22,40H,1,4,9,11-13H2,2-3,5-7H3,(H,41,42)(H,43,44)/b30-10-. The quantitative estimate of drug-likeness (QED) is 0.118. The minimum absolute atomic E-state index is 0.271. The van der Waals surface area contributed by atoms with Crippen LogP contribution in [0.25, 0.3) is 39.3 Å². The second-order valence-corrected chi connectivity index (χ2v) is 12.1. The van der Waals surface area contributed by atoms with E-state index in [4.69, 9.17) is 4.98 Å². The van der Waals surface area contributed by atoms with Crippen LogP contribution in [0.15, 0.2) is 79.9 Å². The normalized spacial score (nSPS) is 12.0. The first kappa shape index (κ1) is 31.5. The van der Waals surface area contributed by atoms with Crippen LogP contribution in [0, 0.1) is 18.7 Å². The first-order valence-corrected chi connectivity index (χ1v) is 15.2. The molecule has 0 atom stereocenters. The van der Waals surface area contributed by atoms with Crippen LogP contribution in [-0.2, 0) is 6.42 Å². The van der Waals surface area contributed by atoms with E-state index in [0.717, 1.165) is 81.7 Å². The minimum atomic E-state index is -0.271. The van der Waals surface area contributed by atoms with E-state index in [2.05, 4.69) is 62.4 Å². The second-order valence-electron chi connectivity index (χ2n) is 12.1. The lowest BCUT2D eigenvalue weighted by Gasteiger charge is -2.12. The number of aromatic amines is 2. The zero-order valence-corrected chi connectivity index (χ0v) is 26.7. The van der Waals surface area contributed by atoms with Gasteiger partial charge in [-0.05, 0) is 88.1 Å². The summed E-state index contributed by atoms with van der Waals surface area (Å²) >= 11 is 0. The molecule has 0 spiro atoms. The molecule has 4 heterocycles. The van der Waals surface area contributed by atoms with Gasteiger partial charge in [0, 0.05) is 34.1 Å². The average Bonchev–Trinajstić information content (AvgIpc) is 3.57. The number of nitrogens with zero attached hydrogens (tertiary/aromatic N) is 5. The van der Waals surface area contributed by atoms with E-state index >= 15 is 0 Å². The lowest BCUT2D eigenvalue weighted by atomic mass is 9.97. The van der Waals surface area contributed by atoms with Gasteiger partial charge in [-0.15, -0.1) is 0 Å². The Morgan fingerprint density at radius 1 is 1.11 bits per heavy atom. The first-order chi connectivity index (χ1) is 21.6. The molecule has 8 nitrogen and oxygen atoms in total. The van der Waals surface area contributed by atoms with Gasteiger partial charge in [-0.25, -0.2) is 9.37 Å². The molecule has 3 N–H and O–H groups in total. The lowest BCUT2D eigenvalue weighted by molar-refractivity contribution is 0.400. The molecule has 0 aliphatic carbocycles. The molecule has 0 bridgehead atoms. The third-order valence-electron chi connectivity index (χ3n) is 7.45. The van der Waals surface area contributed by atoms with Crippen molar-refractivity contribution in [3.8, 4) is 22.8 Å². The monoisotopic (exact) mass is 604 g/mol. The molecule has 9 heteroatoms. The zero-order chi connectivity index (χ0) is 32.1. The molecule has 1 aromatic carbocycles. The highest BCUT2D eigenvalue weighted by atomic mass is 19.1. The van der Waals surface area contributed by atoms with Crippen LogP contribution in [0.5, 0.6) is 0 Å². The van der Waals surface area contributed by atoms with Crippen molar-refractivity contribution in [1.29, 1.82) is 0 Å². The number of nitrogens with one attached hydrogen (secondary N) is 3. The first-order valence-electron chi connectivity index (χ1n) is 15.2. The molecule has 0 fully saturated rings. The van der Waals surface area contributed by atoms with Crippen molar-refractivity contribution in [2.24, 2.45) is 5.92 Å². The number of aryl methyl sites for hydroxylation is 2. The largest absolute Gasteiger partial charge is 0.358 e. The summed E-state index contributed by atoms with van der Waals surface area (Å²) in [7, 11) is 4.08. The second kappa shape index (κ2) is 13.8. The topological polar surface area (TPSA) is 98.4 Å². The summed E-state index contributed by atoms with van der Waals surface area (Å²) in [5, 5.41) is 11.9. The number of pyridine rings is 2. The van der Waals surface area contributed by atoms with Gasteiger partial charge in [0.05, 0.1) is 35.0 Å². The molecule has 0 aliphatic rings. The van der Waals surface area contributed by atoms with Crippen LogP contribution in [0.4, 0.5) is 10.1 Å². The molecule has 0 aliphatic heterocycles. The maximum Gasteiger partial charge on any atom is 0.159 e. The van der Waals surface area contributed by atoms with Crippen molar-refractivity contribution < 1.29 is 4.39 Å². The van der Waals surface area contributed by atoms with Gasteiger partial charge in [-0.1, -0.05) is 45.2 Å². The number of anilines is 1. The summed E-state index contributed by atoms with van der Waals surface area (Å²) in [6, 6.07) is 9.21. The fraction of sp³-hybridized carbons (Fsp3) is 0.278. The van der Waals surface area contributed by atoms with Gasteiger partial charge in [0.2, 0.25) is 0 Å². The van der Waals surface area contributed by atoms with E-state index in [0.29, 0.717) is 23.1 Å². The molecule has 0 saturated heterocycles. The number of allylic oxidation sites excluding steroid dienone is 3.